The highest BCUT2D eigenvalue weighted by molar-refractivity contribution is 6.31. The fraction of sp³-hybridized carbons (Fsp3) is 0. The van der Waals surface area contributed by atoms with Gasteiger partial charge < -0.3 is 0 Å². The molecule has 0 bridgehead atoms. The van der Waals surface area contributed by atoms with Gasteiger partial charge in [-0.15, -0.1) is 0 Å². The summed E-state index contributed by atoms with van der Waals surface area (Å²) in [5, 5.41) is 2.13. The zero-order valence-electron chi connectivity index (χ0n) is 23.8. The van der Waals surface area contributed by atoms with Crippen LogP contribution in [0.1, 0.15) is 0 Å². The SMILES string of the molecule is Clc1ccc(-c2ccc(-c3nc(-c4ccc(-c5ccc(Cl)cc5)cc4)nc(-c4ccc(-c5ccc(Cl)cc5)cc4)n3)cc2)cc1. The lowest BCUT2D eigenvalue weighted by Gasteiger charge is -2.10. The van der Waals surface area contributed by atoms with E-state index < -0.39 is 0 Å². The summed E-state index contributed by atoms with van der Waals surface area (Å²) < 4.78 is 0. The van der Waals surface area contributed by atoms with Crippen LogP contribution in [0, 0.1) is 0 Å². The zero-order chi connectivity index (χ0) is 30.8. The van der Waals surface area contributed by atoms with Crippen molar-refractivity contribution in [1.29, 1.82) is 0 Å². The van der Waals surface area contributed by atoms with Gasteiger partial charge in [0.2, 0.25) is 0 Å². The van der Waals surface area contributed by atoms with Crippen molar-refractivity contribution in [2.45, 2.75) is 0 Å². The van der Waals surface area contributed by atoms with Gasteiger partial charge in [0.25, 0.3) is 0 Å². The molecule has 7 aromatic rings. The van der Waals surface area contributed by atoms with Gasteiger partial charge in [0.15, 0.2) is 17.5 Å². The van der Waals surface area contributed by atoms with Gasteiger partial charge in [-0.05, 0) is 69.8 Å². The molecule has 1 aromatic heterocycles. The zero-order valence-corrected chi connectivity index (χ0v) is 26.1. The molecule has 0 N–H and O–H groups in total. The van der Waals surface area contributed by atoms with Crippen LogP contribution in [-0.2, 0) is 0 Å². The minimum absolute atomic E-state index is 0.598. The maximum atomic E-state index is 6.09. The van der Waals surface area contributed by atoms with Crippen LogP contribution in [0.5, 0.6) is 0 Å². The van der Waals surface area contributed by atoms with E-state index in [9.17, 15) is 0 Å². The molecule has 0 aliphatic heterocycles. The largest absolute Gasteiger partial charge is 0.208 e. The van der Waals surface area contributed by atoms with E-state index in [1.807, 2.05) is 109 Å². The standard InChI is InChI=1S/C39H24Cl3N3/c40-34-19-13-28(14-20-34)25-1-7-31(8-2-25)37-43-38(32-9-3-26(4-10-32)29-15-21-35(41)22-16-29)45-39(44-37)33-11-5-27(6-12-33)30-17-23-36(42)24-18-30/h1-24H. The first kappa shape index (κ1) is 28.9. The first-order valence-corrected chi connectivity index (χ1v) is 15.5. The van der Waals surface area contributed by atoms with Crippen LogP contribution < -0.4 is 0 Å². The van der Waals surface area contributed by atoms with Gasteiger partial charge in [0.1, 0.15) is 0 Å². The first-order valence-electron chi connectivity index (χ1n) is 14.3. The summed E-state index contributed by atoms with van der Waals surface area (Å²) in [6.45, 7) is 0. The predicted molar refractivity (Wildman–Crippen MR) is 187 cm³/mol. The van der Waals surface area contributed by atoms with Crippen LogP contribution in [0.4, 0.5) is 0 Å². The van der Waals surface area contributed by atoms with Crippen molar-refractivity contribution in [1.82, 2.24) is 15.0 Å². The van der Waals surface area contributed by atoms with Crippen molar-refractivity contribution >= 4 is 34.8 Å². The molecule has 0 atom stereocenters. The second-order valence-corrected chi connectivity index (χ2v) is 11.9. The normalized spacial score (nSPS) is 11.0. The van der Waals surface area contributed by atoms with Crippen molar-refractivity contribution in [3.8, 4) is 67.5 Å². The number of nitrogens with zero attached hydrogens (tertiary/aromatic N) is 3. The second kappa shape index (κ2) is 12.7. The van der Waals surface area contributed by atoms with Crippen molar-refractivity contribution < 1.29 is 0 Å². The minimum atomic E-state index is 0.598. The van der Waals surface area contributed by atoms with Crippen LogP contribution in [0.3, 0.4) is 0 Å². The van der Waals surface area contributed by atoms with E-state index in [-0.39, 0.29) is 0 Å². The Hall–Kier alpha value is -4.80. The van der Waals surface area contributed by atoms with Crippen LogP contribution in [-0.4, -0.2) is 15.0 Å². The van der Waals surface area contributed by atoms with Crippen LogP contribution in [0.2, 0.25) is 15.1 Å². The van der Waals surface area contributed by atoms with E-state index >= 15 is 0 Å². The molecule has 0 fully saturated rings. The fourth-order valence-corrected chi connectivity index (χ4v) is 5.50. The maximum Gasteiger partial charge on any atom is 0.164 e. The lowest BCUT2D eigenvalue weighted by atomic mass is 10.0. The molecule has 0 aliphatic rings. The lowest BCUT2D eigenvalue weighted by molar-refractivity contribution is 1.07. The van der Waals surface area contributed by atoms with Gasteiger partial charge in [-0.2, -0.15) is 0 Å². The summed E-state index contributed by atoms with van der Waals surface area (Å²) in [5.74, 6) is 1.80. The molecule has 1 heterocycles. The molecule has 6 heteroatoms. The number of hydrogen-bond donors (Lipinski definition) is 0. The van der Waals surface area contributed by atoms with Crippen LogP contribution >= 0.6 is 34.8 Å². The Kier molecular flexibility index (Phi) is 8.15. The smallest absolute Gasteiger partial charge is 0.164 e. The molecule has 7 rings (SSSR count). The van der Waals surface area contributed by atoms with E-state index in [1.54, 1.807) is 0 Å². The third kappa shape index (κ3) is 6.52. The second-order valence-electron chi connectivity index (χ2n) is 10.6. The first-order chi connectivity index (χ1) is 22.0. The predicted octanol–water partition coefficient (Wildman–Crippen LogP) is 11.8. The number of hydrogen-bond acceptors (Lipinski definition) is 3. The van der Waals surface area contributed by atoms with Crippen molar-refractivity contribution in [2.24, 2.45) is 0 Å². The molecule has 216 valence electrons. The Labute approximate surface area is 276 Å². The molecular formula is C39H24Cl3N3. The quantitative estimate of drug-likeness (QED) is 0.181. The van der Waals surface area contributed by atoms with Gasteiger partial charge in [-0.1, -0.05) is 144 Å². The fourth-order valence-electron chi connectivity index (χ4n) is 5.13. The minimum Gasteiger partial charge on any atom is -0.208 e. The molecule has 6 aromatic carbocycles. The Morgan fingerprint density at radius 1 is 0.222 bits per heavy atom. The van der Waals surface area contributed by atoms with Gasteiger partial charge in [-0.25, -0.2) is 15.0 Å². The summed E-state index contributed by atoms with van der Waals surface area (Å²) in [7, 11) is 0. The number of rotatable bonds is 6. The van der Waals surface area contributed by atoms with E-state index in [1.165, 1.54) is 0 Å². The molecular weight excluding hydrogens is 617 g/mol. The Balaban J connectivity index is 1.27. The Morgan fingerprint density at radius 2 is 0.378 bits per heavy atom. The molecule has 0 radical (unpaired) electrons. The van der Waals surface area contributed by atoms with Gasteiger partial charge in [-0.3, -0.25) is 0 Å². The van der Waals surface area contributed by atoms with Crippen molar-refractivity contribution in [3.63, 3.8) is 0 Å². The average molecular weight is 641 g/mol. The number of halogens is 3. The van der Waals surface area contributed by atoms with E-state index in [0.717, 1.165) is 50.1 Å². The van der Waals surface area contributed by atoms with Crippen molar-refractivity contribution in [3.05, 3.63) is 161 Å². The van der Waals surface area contributed by atoms with E-state index in [0.29, 0.717) is 32.5 Å². The summed E-state index contributed by atoms with van der Waals surface area (Å²) in [5.41, 5.74) is 9.20. The molecule has 0 saturated heterocycles. The van der Waals surface area contributed by atoms with Crippen molar-refractivity contribution in [2.75, 3.05) is 0 Å². The summed E-state index contributed by atoms with van der Waals surface area (Å²) in [4.78, 5) is 14.8. The molecule has 45 heavy (non-hydrogen) atoms. The molecule has 0 unspecified atom stereocenters. The Morgan fingerprint density at radius 3 is 0.578 bits per heavy atom. The highest BCUT2D eigenvalue weighted by Gasteiger charge is 2.13. The molecule has 0 aliphatic carbocycles. The van der Waals surface area contributed by atoms with E-state index in [2.05, 4.69) is 36.4 Å². The summed E-state index contributed by atoms with van der Waals surface area (Å²) in [6, 6.07) is 48.1. The summed E-state index contributed by atoms with van der Waals surface area (Å²) >= 11 is 18.3. The van der Waals surface area contributed by atoms with Crippen LogP contribution in [0.15, 0.2) is 146 Å². The maximum absolute atomic E-state index is 6.09. The number of benzene rings is 6. The van der Waals surface area contributed by atoms with E-state index in [4.69, 9.17) is 49.8 Å². The molecule has 0 saturated carbocycles. The third-order valence-corrected chi connectivity index (χ3v) is 8.35. The molecule has 3 nitrogen and oxygen atoms in total. The monoisotopic (exact) mass is 639 g/mol. The molecule has 0 spiro atoms. The highest BCUT2D eigenvalue weighted by atomic mass is 35.5. The molecule has 0 amide bonds. The summed E-state index contributed by atoms with van der Waals surface area (Å²) in [6.07, 6.45) is 0. The topological polar surface area (TPSA) is 38.7 Å². The lowest BCUT2D eigenvalue weighted by Crippen LogP contribution is -2.00. The Bertz CT molecular complexity index is 1820. The average Bonchev–Trinajstić information content (AvgIpc) is 3.09. The van der Waals surface area contributed by atoms with Gasteiger partial charge in [0.05, 0.1) is 0 Å². The highest BCUT2D eigenvalue weighted by Crippen LogP contribution is 2.30. The number of aromatic nitrogens is 3. The third-order valence-electron chi connectivity index (χ3n) is 7.60. The van der Waals surface area contributed by atoms with Gasteiger partial charge >= 0.3 is 0 Å². The van der Waals surface area contributed by atoms with Crippen LogP contribution in [0.25, 0.3) is 67.5 Å². The van der Waals surface area contributed by atoms with Gasteiger partial charge in [0, 0.05) is 31.8 Å².